The number of benzene rings is 2. The summed E-state index contributed by atoms with van der Waals surface area (Å²) in [5.74, 6) is 0.551. The highest BCUT2D eigenvalue weighted by molar-refractivity contribution is 6.75. The van der Waals surface area contributed by atoms with Gasteiger partial charge in [0.2, 0.25) is 5.78 Å². The topological polar surface area (TPSA) is 57.5 Å². The van der Waals surface area contributed by atoms with Crippen LogP contribution in [0.15, 0.2) is 66.9 Å². The van der Waals surface area contributed by atoms with Gasteiger partial charge in [-0.1, -0.05) is 65.8 Å². The Kier molecular flexibility index (Phi) is 7.82. The average molecular weight is 536 g/mol. The first-order valence-electron chi connectivity index (χ1n) is 12.8. The number of aromatic nitrogens is 1. The highest BCUT2D eigenvalue weighted by Crippen LogP contribution is 2.39. The van der Waals surface area contributed by atoms with Crippen molar-refractivity contribution in [1.29, 1.82) is 0 Å². The normalized spacial score (nSPS) is 12.8. The van der Waals surface area contributed by atoms with Gasteiger partial charge < -0.3 is 8.85 Å². The molecule has 0 aliphatic carbocycles. The quantitative estimate of drug-likeness (QED) is 0.226. The molecule has 0 amide bonds. The Morgan fingerprint density at radius 3 is 1.57 bits per heavy atom. The number of ketones is 1. The predicted octanol–water partition coefficient (Wildman–Crippen LogP) is 8.18. The monoisotopic (exact) mass is 535 g/mol. The molecule has 3 rings (SSSR count). The summed E-state index contributed by atoms with van der Waals surface area (Å²) in [5, 5.41) is -0.0429. The molecule has 0 atom stereocenters. The fourth-order valence-corrected chi connectivity index (χ4v) is 5.41. The molecular formula is C30H41NO4Si2. The van der Waals surface area contributed by atoms with E-state index in [1.807, 2.05) is 36.4 Å². The van der Waals surface area contributed by atoms with Crippen LogP contribution in [-0.2, 0) is 0 Å². The summed E-state index contributed by atoms with van der Waals surface area (Å²) < 4.78 is 14.4. The Labute approximate surface area is 224 Å². The van der Waals surface area contributed by atoms with Crippen LogP contribution in [0.2, 0.25) is 36.3 Å². The zero-order chi connectivity index (χ0) is 27.8. The van der Waals surface area contributed by atoms with Gasteiger partial charge in [0.05, 0.1) is 16.8 Å². The molecule has 0 spiro atoms. The summed E-state index contributed by atoms with van der Waals surface area (Å²) in [6.07, 6.45) is 1.63. The van der Waals surface area contributed by atoms with Gasteiger partial charge in [0, 0.05) is 6.20 Å². The lowest BCUT2D eigenvalue weighted by Crippen LogP contribution is -2.44. The van der Waals surface area contributed by atoms with Gasteiger partial charge in [-0.3, -0.25) is 14.2 Å². The minimum Gasteiger partial charge on any atom is -0.543 e. The second kappa shape index (κ2) is 10.1. The minimum atomic E-state index is -2.18. The van der Waals surface area contributed by atoms with Gasteiger partial charge in [-0.05, 0) is 72.7 Å². The van der Waals surface area contributed by atoms with E-state index in [-0.39, 0.29) is 21.8 Å². The van der Waals surface area contributed by atoms with Gasteiger partial charge in [0.25, 0.3) is 22.5 Å². The molecule has 0 saturated carbocycles. The fourth-order valence-electron chi connectivity index (χ4n) is 3.34. The van der Waals surface area contributed by atoms with Gasteiger partial charge in [0.1, 0.15) is 11.5 Å². The Hall–Kier alpha value is -2.91. The third-order valence-corrected chi connectivity index (χ3v) is 16.5. The number of carbonyl (C=O) groups excluding carboxylic acids is 2. The van der Waals surface area contributed by atoms with E-state index in [4.69, 9.17) is 8.85 Å². The van der Waals surface area contributed by atoms with E-state index < -0.39 is 16.6 Å². The molecule has 0 saturated heterocycles. The summed E-state index contributed by atoms with van der Waals surface area (Å²) in [6.45, 7) is 21.6. The average Bonchev–Trinajstić information content (AvgIpc) is 3.27. The molecule has 1 heterocycles. The van der Waals surface area contributed by atoms with Gasteiger partial charge in [-0.15, -0.1) is 0 Å². The molecule has 0 fully saturated rings. The third kappa shape index (κ3) is 5.99. The first-order chi connectivity index (χ1) is 17.0. The van der Waals surface area contributed by atoms with Crippen molar-refractivity contribution >= 4 is 28.3 Å². The first kappa shape index (κ1) is 28.7. The summed E-state index contributed by atoms with van der Waals surface area (Å²) >= 11 is 0. The highest BCUT2D eigenvalue weighted by Gasteiger charge is 2.41. The van der Waals surface area contributed by atoms with E-state index in [2.05, 4.69) is 67.7 Å². The summed E-state index contributed by atoms with van der Waals surface area (Å²) in [4.78, 5) is 27.6. The van der Waals surface area contributed by atoms with Crippen molar-refractivity contribution in [1.82, 2.24) is 4.57 Å². The smallest absolute Gasteiger partial charge is 0.266 e. The van der Waals surface area contributed by atoms with Crippen LogP contribution in [0.1, 0.15) is 68.0 Å². The second-order valence-electron chi connectivity index (χ2n) is 12.6. The molecule has 0 N–H and O–H groups in total. The van der Waals surface area contributed by atoms with Gasteiger partial charge in [-0.2, -0.15) is 0 Å². The molecule has 5 nitrogen and oxygen atoms in total. The SMILES string of the molecule is CC(C)(C)[Si](C)(C)Oc1ccccc1C(=O)c1cccn1C(=O)c1ccccc1O[Si](C)(C)C(C)(C)C. The van der Waals surface area contributed by atoms with Crippen LogP contribution in [0.25, 0.3) is 0 Å². The molecular weight excluding hydrogens is 495 g/mol. The Balaban J connectivity index is 2.00. The largest absolute Gasteiger partial charge is 0.543 e. The molecule has 0 bridgehead atoms. The van der Waals surface area contributed by atoms with Crippen LogP contribution in [0, 0.1) is 0 Å². The zero-order valence-corrected chi connectivity index (χ0v) is 25.9. The van der Waals surface area contributed by atoms with Gasteiger partial charge in [0.15, 0.2) is 0 Å². The predicted molar refractivity (Wildman–Crippen MR) is 156 cm³/mol. The summed E-state index contributed by atoms with van der Waals surface area (Å²) in [7, 11) is -4.36. The number of carbonyl (C=O) groups is 2. The molecule has 2 aromatic carbocycles. The van der Waals surface area contributed by atoms with Gasteiger partial charge in [-0.25, -0.2) is 0 Å². The van der Waals surface area contributed by atoms with Crippen molar-refractivity contribution in [2.75, 3.05) is 0 Å². The van der Waals surface area contributed by atoms with E-state index in [0.717, 1.165) is 0 Å². The van der Waals surface area contributed by atoms with Crippen LogP contribution in [0.3, 0.4) is 0 Å². The zero-order valence-electron chi connectivity index (χ0n) is 23.9. The van der Waals surface area contributed by atoms with Crippen LogP contribution in [-0.4, -0.2) is 32.9 Å². The summed E-state index contributed by atoms with van der Waals surface area (Å²) in [6, 6.07) is 18.0. The van der Waals surface area contributed by atoms with Crippen molar-refractivity contribution in [3.63, 3.8) is 0 Å². The maximum absolute atomic E-state index is 13.8. The number of hydrogen-bond acceptors (Lipinski definition) is 4. The highest BCUT2D eigenvalue weighted by atomic mass is 28.4. The Morgan fingerprint density at radius 2 is 1.08 bits per heavy atom. The number of nitrogens with zero attached hydrogens (tertiary/aromatic N) is 1. The lowest BCUT2D eigenvalue weighted by Gasteiger charge is -2.37. The van der Waals surface area contributed by atoms with Crippen LogP contribution in [0.5, 0.6) is 11.5 Å². The molecule has 1 aromatic heterocycles. The van der Waals surface area contributed by atoms with E-state index in [1.54, 1.807) is 30.5 Å². The van der Waals surface area contributed by atoms with Gasteiger partial charge >= 0.3 is 0 Å². The molecule has 7 heteroatoms. The molecule has 0 aliphatic rings. The van der Waals surface area contributed by atoms with E-state index in [9.17, 15) is 9.59 Å². The molecule has 198 valence electrons. The molecule has 0 aliphatic heterocycles. The van der Waals surface area contributed by atoms with E-state index in [0.29, 0.717) is 28.3 Å². The van der Waals surface area contributed by atoms with Crippen molar-refractivity contribution in [2.24, 2.45) is 0 Å². The summed E-state index contributed by atoms with van der Waals surface area (Å²) in [5.41, 5.74) is 1.17. The maximum Gasteiger partial charge on any atom is 0.266 e. The second-order valence-corrected chi connectivity index (χ2v) is 22.1. The molecule has 0 radical (unpaired) electrons. The van der Waals surface area contributed by atoms with Crippen LogP contribution >= 0.6 is 0 Å². The lowest BCUT2D eigenvalue weighted by molar-refractivity contribution is 0.0931. The molecule has 0 unspecified atom stereocenters. The minimum absolute atomic E-state index is 0.0206. The van der Waals surface area contributed by atoms with Crippen LogP contribution < -0.4 is 8.85 Å². The third-order valence-electron chi connectivity index (χ3n) is 7.79. The van der Waals surface area contributed by atoms with E-state index >= 15 is 0 Å². The van der Waals surface area contributed by atoms with Crippen molar-refractivity contribution in [3.8, 4) is 11.5 Å². The van der Waals surface area contributed by atoms with Crippen molar-refractivity contribution < 1.29 is 18.4 Å². The number of para-hydroxylation sites is 2. The van der Waals surface area contributed by atoms with Crippen molar-refractivity contribution in [2.45, 2.75) is 77.8 Å². The van der Waals surface area contributed by atoms with Crippen molar-refractivity contribution in [3.05, 3.63) is 83.7 Å². The standard InChI is InChI=1S/C30H41NO4Si2/c1-29(2,3)36(7,8)34-25-19-13-11-16-22(25)27(32)24-18-15-21-31(24)28(33)23-17-12-14-20-26(23)35-37(9,10)30(4,5)6/h11-21H,1-10H3. The number of hydrogen-bond donors (Lipinski definition) is 0. The Morgan fingerprint density at radius 1 is 0.649 bits per heavy atom. The molecule has 3 aromatic rings. The maximum atomic E-state index is 13.8. The molecule has 37 heavy (non-hydrogen) atoms. The lowest BCUT2D eigenvalue weighted by atomic mass is 10.1. The fraction of sp³-hybridized carbons (Fsp3) is 0.400. The van der Waals surface area contributed by atoms with E-state index in [1.165, 1.54) is 4.57 Å². The first-order valence-corrected chi connectivity index (χ1v) is 18.6. The Bertz CT molecular complexity index is 1200. The number of rotatable bonds is 7. The van der Waals surface area contributed by atoms with Crippen LogP contribution in [0.4, 0.5) is 0 Å².